The summed E-state index contributed by atoms with van der Waals surface area (Å²) in [5.74, 6) is 0. The van der Waals surface area contributed by atoms with Gasteiger partial charge in [0.25, 0.3) is 0 Å². The fourth-order valence-corrected chi connectivity index (χ4v) is 2.64. The third kappa shape index (κ3) is 2.68. The molecule has 1 saturated heterocycles. The molecule has 3 unspecified atom stereocenters. The van der Waals surface area contributed by atoms with Crippen LogP contribution in [-0.4, -0.2) is 12.1 Å². The van der Waals surface area contributed by atoms with Gasteiger partial charge in [0.05, 0.1) is 6.04 Å². The lowest BCUT2D eigenvalue weighted by atomic mass is 9.93. The van der Waals surface area contributed by atoms with Crippen LogP contribution in [0.25, 0.3) is 0 Å². The molecule has 3 rings (SSSR count). The molecule has 0 saturated carbocycles. The van der Waals surface area contributed by atoms with E-state index in [1.54, 1.807) is 0 Å². The summed E-state index contributed by atoms with van der Waals surface area (Å²) in [6.45, 7) is 0. The van der Waals surface area contributed by atoms with Crippen molar-refractivity contribution in [2.75, 3.05) is 0 Å². The van der Waals surface area contributed by atoms with E-state index >= 15 is 0 Å². The van der Waals surface area contributed by atoms with Crippen molar-refractivity contribution < 1.29 is 0 Å². The molecule has 0 bridgehead atoms. The molecule has 0 amide bonds. The summed E-state index contributed by atoms with van der Waals surface area (Å²) in [5.41, 5.74) is 15.6. The zero-order valence-corrected chi connectivity index (χ0v) is 10.8. The Balaban J connectivity index is 1.71. The number of rotatable bonds is 3. The van der Waals surface area contributed by atoms with E-state index in [1.807, 2.05) is 24.3 Å². The van der Waals surface area contributed by atoms with E-state index in [2.05, 4.69) is 47.2 Å². The maximum atomic E-state index is 6.38. The molecule has 1 aliphatic heterocycles. The van der Waals surface area contributed by atoms with E-state index in [4.69, 9.17) is 5.73 Å². The van der Waals surface area contributed by atoms with Gasteiger partial charge in [-0.05, 0) is 17.5 Å². The van der Waals surface area contributed by atoms with E-state index in [1.165, 1.54) is 11.1 Å². The van der Waals surface area contributed by atoms with Crippen LogP contribution in [0.2, 0.25) is 0 Å². The Labute approximate surface area is 113 Å². The first-order valence-corrected chi connectivity index (χ1v) is 6.70. The fourth-order valence-electron chi connectivity index (χ4n) is 2.64. The van der Waals surface area contributed by atoms with Crippen molar-refractivity contribution >= 4 is 0 Å². The van der Waals surface area contributed by atoms with E-state index in [0.29, 0.717) is 0 Å². The first kappa shape index (κ1) is 12.4. The molecule has 2 aromatic carbocycles. The highest BCUT2D eigenvalue weighted by molar-refractivity contribution is 5.24. The lowest BCUT2D eigenvalue weighted by molar-refractivity contribution is 0.519. The van der Waals surface area contributed by atoms with Crippen molar-refractivity contribution in [3.8, 4) is 0 Å². The topological polar surface area (TPSA) is 50.1 Å². The second-order valence-electron chi connectivity index (χ2n) is 5.05. The molecular formula is C16H19N3. The van der Waals surface area contributed by atoms with E-state index < -0.39 is 0 Å². The van der Waals surface area contributed by atoms with Crippen molar-refractivity contribution in [1.82, 2.24) is 10.9 Å². The molecule has 2 aromatic rings. The van der Waals surface area contributed by atoms with Crippen molar-refractivity contribution in [3.05, 3.63) is 71.8 Å². The molecule has 1 aliphatic rings. The highest BCUT2D eigenvalue weighted by atomic mass is 15.4. The third-order valence-electron chi connectivity index (χ3n) is 3.73. The molecule has 1 fully saturated rings. The lowest BCUT2D eigenvalue weighted by Crippen LogP contribution is -2.40. The van der Waals surface area contributed by atoms with Crippen molar-refractivity contribution in [2.45, 2.75) is 24.5 Å². The Morgan fingerprint density at radius 3 is 2.16 bits per heavy atom. The van der Waals surface area contributed by atoms with Gasteiger partial charge in [-0.1, -0.05) is 60.7 Å². The summed E-state index contributed by atoms with van der Waals surface area (Å²) >= 11 is 0. The summed E-state index contributed by atoms with van der Waals surface area (Å²) in [4.78, 5) is 0. The van der Waals surface area contributed by atoms with Gasteiger partial charge >= 0.3 is 0 Å². The molecule has 3 atom stereocenters. The van der Waals surface area contributed by atoms with Gasteiger partial charge in [-0.15, -0.1) is 0 Å². The fraction of sp³-hybridized carbons (Fsp3) is 0.250. The Hall–Kier alpha value is -1.68. The van der Waals surface area contributed by atoms with Crippen molar-refractivity contribution in [3.63, 3.8) is 0 Å². The smallest absolute Gasteiger partial charge is 0.0629 e. The number of hydrazine groups is 1. The van der Waals surface area contributed by atoms with Gasteiger partial charge < -0.3 is 5.73 Å². The second kappa shape index (κ2) is 5.53. The lowest BCUT2D eigenvalue weighted by Gasteiger charge is -2.18. The van der Waals surface area contributed by atoms with Crippen LogP contribution in [0.15, 0.2) is 60.7 Å². The first-order valence-electron chi connectivity index (χ1n) is 6.70. The monoisotopic (exact) mass is 253 g/mol. The van der Waals surface area contributed by atoms with Crippen molar-refractivity contribution in [2.24, 2.45) is 5.73 Å². The van der Waals surface area contributed by atoms with E-state index in [-0.39, 0.29) is 18.1 Å². The SMILES string of the molecule is NC1C(Cc2ccccc2)NNC1c1ccccc1. The number of hydrogen-bond acceptors (Lipinski definition) is 3. The van der Waals surface area contributed by atoms with Crippen LogP contribution in [0.5, 0.6) is 0 Å². The molecule has 3 heteroatoms. The Kier molecular flexibility index (Phi) is 3.60. The Bertz CT molecular complexity index is 512. The van der Waals surface area contributed by atoms with Crippen LogP contribution in [0.3, 0.4) is 0 Å². The number of hydrogen-bond donors (Lipinski definition) is 3. The van der Waals surface area contributed by atoms with Gasteiger partial charge in [-0.25, -0.2) is 5.43 Å². The van der Waals surface area contributed by atoms with Gasteiger partial charge in [0, 0.05) is 12.1 Å². The number of nitrogens with one attached hydrogen (secondary N) is 2. The highest BCUT2D eigenvalue weighted by Crippen LogP contribution is 2.22. The number of benzene rings is 2. The first-order chi connectivity index (χ1) is 9.34. The average Bonchev–Trinajstić information content (AvgIpc) is 2.82. The van der Waals surface area contributed by atoms with E-state index in [0.717, 1.165) is 6.42 Å². The Morgan fingerprint density at radius 1 is 0.842 bits per heavy atom. The van der Waals surface area contributed by atoms with Crippen LogP contribution in [0, 0.1) is 0 Å². The molecular weight excluding hydrogens is 234 g/mol. The van der Waals surface area contributed by atoms with Gasteiger partial charge in [0.1, 0.15) is 0 Å². The quantitative estimate of drug-likeness (QED) is 0.781. The maximum absolute atomic E-state index is 6.38. The second-order valence-corrected chi connectivity index (χ2v) is 5.05. The van der Waals surface area contributed by atoms with Gasteiger partial charge in [0.2, 0.25) is 0 Å². The molecule has 0 radical (unpaired) electrons. The minimum absolute atomic E-state index is 0.0719. The molecule has 3 nitrogen and oxygen atoms in total. The zero-order chi connectivity index (χ0) is 13.1. The Morgan fingerprint density at radius 2 is 1.47 bits per heavy atom. The third-order valence-corrected chi connectivity index (χ3v) is 3.73. The normalized spacial score (nSPS) is 26.5. The van der Waals surface area contributed by atoms with Gasteiger partial charge in [-0.3, -0.25) is 5.43 Å². The summed E-state index contributed by atoms with van der Waals surface area (Å²) < 4.78 is 0. The van der Waals surface area contributed by atoms with Crippen LogP contribution in [0.1, 0.15) is 17.2 Å². The summed E-state index contributed by atoms with van der Waals surface area (Å²) in [6, 6.07) is 21.3. The van der Waals surface area contributed by atoms with Crippen LogP contribution < -0.4 is 16.6 Å². The number of nitrogens with two attached hydrogens (primary N) is 1. The van der Waals surface area contributed by atoms with Gasteiger partial charge in [-0.2, -0.15) is 0 Å². The zero-order valence-electron chi connectivity index (χ0n) is 10.8. The standard InChI is InChI=1S/C16H19N3/c17-15-14(11-12-7-3-1-4-8-12)18-19-16(15)13-9-5-2-6-10-13/h1-10,14-16,18-19H,11,17H2. The van der Waals surface area contributed by atoms with Crippen LogP contribution in [0.4, 0.5) is 0 Å². The van der Waals surface area contributed by atoms with Crippen LogP contribution in [-0.2, 0) is 6.42 Å². The predicted octanol–water partition coefficient (Wildman–Crippen LogP) is 1.77. The molecule has 98 valence electrons. The molecule has 4 N–H and O–H groups in total. The van der Waals surface area contributed by atoms with E-state index in [9.17, 15) is 0 Å². The van der Waals surface area contributed by atoms with Gasteiger partial charge in [0.15, 0.2) is 0 Å². The minimum Gasteiger partial charge on any atom is -0.325 e. The maximum Gasteiger partial charge on any atom is 0.0629 e. The van der Waals surface area contributed by atoms with Crippen LogP contribution >= 0.6 is 0 Å². The summed E-state index contributed by atoms with van der Waals surface area (Å²) in [7, 11) is 0. The summed E-state index contributed by atoms with van der Waals surface area (Å²) in [6.07, 6.45) is 0.943. The average molecular weight is 253 g/mol. The minimum atomic E-state index is 0.0719. The molecule has 1 heterocycles. The molecule has 19 heavy (non-hydrogen) atoms. The summed E-state index contributed by atoms with van der Waals surface area (Å²) in [5, 5.41) is 0. The van der Waals surface area contributed by atoms with Crippen molar-refractivity contribution in [1.29, 1.82) is 0 Å². The molecule has 0 aromatic heterocycles. The molecule has 0 aliphatic carbocycles. The molecule has 0 spiro atoms. The highest BCUT2D eigenvalue weighted by Gasteiger charge is 2.33. The largest absolute Gasteiger partial charge is 0.325 e. The predicted molar refractivity (Wildman–Crippen MR) is 77.4 cm³/mol.